The summed E-state index contributed by atoms with van der Waals surface area (Å²) < 4.78 is 1.93. The van der Waals surface area contributed by atoms with Crippen LogP contribution in [0.3, 0.4) is 0 Å². The molecule has 0 aliphatic rings. The van der Waals surface area contributed by atoms with Gasteiger partial charge in [-0.25, -0.2) is 0 Å². The van der Waals surface area contributed by atoms with Gasteiger partial charge in [0.2, 0.25) is 0 Å². The Balaban J connectivity index is 1.94. The molecule has 0 atom stereocenters. The molecule has 0 saturated carbocycles. The summed E-state index contributed by atoms with van der Waals surface area (Å²) in [7, 11) is 0. The lowest BCUT2D eigenvalue weighted by atomic mass is 10.1. The lowest BCUT2D eigenvalue weighted by molar-refractivity contribution is 0.637. The number of benzene rings is 1. The lowest BCUT2D eigenvalue weighted by Crippen LogP contribution is -2.12. The Bertz CT molecular complexity index is 482. The Morgan fingerprint density at radius 3 is 2.82 bits per heavy atom. The molecule has 0 aliphatic heterocycles. The first-order valence-electron chi connectivity index (χ1n) is 5.75. The van der Waals surface area contributed by atoms with E-state index >= 15 is 0 Å². The van der Waals surface area contributed by atoms with Crippen LogP contribution in [0, 0.1) is 13.8 Å². The highest BCUT2D eigenvalue weighted by molar-refractivity contribution is 5.69. The predicted octanol–water partition coefficient (Wildman–Crippen LogP) is 2.19. The molecule has 3 N–H and O–H groups in total. The molecule has 1 heterocycles. The van der Waals surface area contributed by atoms with Crippen molar-refractivity contribution in [1.82, 2.24) is 9.78 Å². The minimum atomic E-state index is 0.793. The highest BCUT2D eigenvalue weighted by Gasteiger charge is 2.01. The Hall–Kier alpha value is -1.97. The van der Waals surface area contributed by atoms with E-state index in [1.165, 1.54) is 11.1 Å². The summed E-state index contributed by atoms with van der Waals surface area (Å²) in [4.78, 5) is 0. The summed E-state index contributed by atoms with van der Waals surface area (Å²) in [6, 6.07) is 5.93. The van der Waals surface area contributed by atoms with E-state index in [0.717, 1.165) is 24.5 Å². The van der Waals surface area contributed by atoms with Crippen molar-refractivity contribution in [3.8, 4) is 0 Å². The SMILES string of the molecule is Cc1cnn(CCNc2c(C)cccc2N)c1. The highest BCUT2D eigenvalue weighted by atomic mass is 15.3. The van der Waals surface area contributed by atoms with Crippen LogP contribution in [0.4, 0.5) is 11.4 Å². The van der Waals surface area contributed by atoms with Crippen molar-refractivity contribution < 1.29 is 0 Å². The molecular weight excluding hydrogens is 212 g/mol. The highest BCUT2D eigenvalue weighted by Crippen LogP contribution is 2.21. The fourth-order valence-corrected chi connectivity index (χ4v) is 1.82. The summed E-state index contributed by atoms with van der Waals surface area (Å²) in [5.74, 6) is 0. The van der Waals surface area contributed by atoms with Gasteiger partial charge in [-0.3, -0.25) is 4.68 Å². The summed E-state index contributed by atoms with van der Waals surface area (Å²) >= 11 is 0. The van der Waals surface area contributed by atoms with E-state index in [4.69, 9.17) is 5.73 Å². The van der Waals surface area contributed by atoms with Crippen LogP contribution in [0.15, 0.2) is 30.6 Å². The Morgan fingerprint density at radius 2 is 2.18 bits per heavy atom. The maximum atomic E-state index is 5.92. The molecule has 0 aliphatic carbocycles. The molecule has 17 heavy (non-hydrogen) atoms. The quantitative estimate of drug-likeness (QED) is 0.792. The second kappa shape index (κ2) is 4.91. The van der Waals surface area contributed by atoms with E-state index in [1.54, 1.807) is 0 Å². The third-order valence-corrected chi connectivity index (χ3v) is 2.71. The van der Waals surface area contributed by atoms with Crippen molar-refractivity contribution in [2.24, 2.45) is 0 Å². The molecule has 1 aromatic carbocycles. The van der Waals surface area contributed by atoms with Crippen LogP contribution < -0.4 is 11.1 Å². The van der Waals surface area contributed by atoms with E-state index in [1.807, 2.05) is 36.1 Å². The first kappa shape index (κ1) is 11.5. The van der Waals surface area contributed by atoms with Crippen LogP contribution in [0.1, 0.15) is 11.1 Å². The largest absolute Gasteiger partial charge is 0.397 e. The standard InChI is InChI=1S/C13H18N4/c1-10-8-16-17(9-10)7-6-15-13-11(2)4-3-5-12(13)14/h3-5,8-9,15H,6-7,14H2,1-2H3. The van der Waals surface area contributed by atoms with Gasteiger partial charge in [-0.05, 0) is 31.0 Å². The van der Waals surface area contributed by atoms with Gasteiger partial charge in [-0.1, -0.05) is 12.1 Å². The molecule has 0 radical (unpaired) electrons. The number of aryl methyl sites for hydroxylation is 2. The zero-order chi connectivity index (χ0) is 12.3. The fourth-order valence-electron chi connectivity index (χ4n) is 1.82. The van der Waals surface area contributed by atoms with E-state index in [2.05, 4.69) is 23.4 Å². The molecule has 1 aromatic heterocycles. The summed E-state index contributed by atoms with van der Waals surface area (Å²) in [5, 5.41) is 7.59. The zero-order valence-electron chi connectivity index (χ0n) is 10.3. The van der Waals surface area contributed by atoms with Gasteiger partial charge < -0.3 is 11.1 Å². The number of nitrogen functional groups attached to an aromatic ring is 1. The van der Waals surface area contributed by atoms with Gasteiger partial charge in [0.1, 0.15) is 0 Å². The average Bonchev–Trinajstić information content (AvgIpc) is 2.69. The number of hydrogen-bond acceptors (Lipinski definition) is 3. The molecule has 0 bridgehead atoms. The number of aromatic nitrogens is 2. The molecule has 2 aromatic rings. The van der Waals surface area contributed by atoms with Gasteiger partial charge in [0.15, 0.2) is 0 Å². The van der Waals surface area contributed by atoms with Crippen LogP contribution in [0.5, 0.6) is 0 Å². The molecule has 0 amide bonds. The molecule has 90 valence electrons. The second-order valence-corrected chi connectivity index (χ2v) is 4.25. The third-order valence-electron chi connectivity index (χ3n) is 2.71. The van der Waals surface area contributed by atoms with E-state index in [9.17, 15) is 0 Å². The van der Waals surface area contributed by atoms with Gasteiger partial charge >= 0.3 is 0 Å². The van der Waals surface area contributed by atoms with Crippen LogP contribution in [0.2, 0.25) is 0 Å². The number of hydrogen-bond donors (Lipinski definition) is 2. The normalized spacial score (nSPS) is 10.5. The first-order chi connectivity index (χ1) is 8.16. The molecule has 0 spiro atoms. The maximum Gasteiger partial charge on any atom is 0.0604 e. The number of rotatable bonds is 4. The molecule has 4 heteroatoms. The van der Waals surface area contributed by atoms with Crippen molar-refractivity contribution in [3.05, 3.63) is 41.7 Å². The molecule has 2 rings (SSSR count). The van der Waals surface area contributed by atoms with Crippen LogP contribution in [-0.2, 0) is 6.54 Å². The van der Waals surface area contributed by atoms with E-state index < -0.39 is 0 Å². The van der Waals surface area contributed by atoms with Crippen LogP contribution >= 0.6 is 0 Å². The van der Waals surface area contributed by atoms with Gasteiger partial charge in [-0.15, -0.1) is 0 Å². The number of para-hydroxylation sites is 1. The molecule has 0 fully saturated rings. The third kappa shape index (κ3) is 2.78. The Kier molecular flexibility index (Phi) is 3.32. The monoisotopic (exact) mass is 230 g/mol. The van der Waals surface area contributed by atoms with E-state index in [0.29, 0.717) is 0 Å². The minimum absolute atomic E-state index is 0.793. The smallest absolute Gasteiger partial charge is 0.0604 e. The second-order valence-electron chi connectivity index (χ2n) is 4.25. The molecular formula is C13H18N4. The average molecular weight is 230 g/mol. The summed E-state index contributed by atoms with van der Waals surface area (Å²) in [6.07, 6.45) is 3.89. The Labute approximate surface area is 101 Å². The topological polar surface area (TPSA) is 55.9 Å². The zero-order valence-corrected chi connectivity index (χ0v) is 10.3. The number of anilines is 2. The number of nitrogens with two attached hydrogens (primary N) is 1. The number of nitrogens with zero attached hydrogens (tertiary/aromatic N) is 2. The van der Waals surface area contributed by atoms with Gasteiger partial charge in [0.25, 0.3) is 0 Å². The first-order valence-corrected chi connectivity index (χ1v) is 5.75. The number of nitrogens with one attached hydrogen (secondary N) is 1. The van der Waals surface area contributed by atoms with Crippen molar-refractivity contribution in [2.45, 2.75) is 20.4 Å². The summed E-state index contributed by atoms with van der Waals surface area (Å²) in [6.45, 7) is 5.74. The minimum Gasteiger partial charge on any atom is -0.397 e. The van der Waals surface area contributed by atoms with Gasteiger partial charge in [0.05, 0.1) is 24.1 Å². The molecule has 0 unspecified atom stereocenters. The van der Waals surface area contributed by atoms with Gasteiger partial charge in [0, 0.05) is 12.7 Å². The van der Waals surface area contributed by atoms with Gasteiger partial charge in [-0.2, -0.15) is 5.10 Å². The van der Waals surface area contributed by atoms with E-state index in [-0.39, 0.29) is 0 Å². The van der Waals surface area contributed by atoms with Crippen LogP contribution in [0.25, 0.3) is 0 Å². The maximum absolute atomic E-state index is 5.92. The predicted molar refractivity (Wildman–Crippen MR) is 71.0 cm³/mol. The van der Waals surface area contributed by atoms with Crippen LogP contribution in [-0.4, -0.2) is 16.3 Å². The lowest BCUT2D eigenvalue weighted by Gasteiger charge is -2.12. The molecule has 0 saturated heterocycles. The fraction of sp³-hybridized carbons (Fsp3) is 0.308. The Morgan fingerprint density at radius 1 is 1.35 bits per heavy atom. The molecule has 4 nitrogen and oxygen atoms in total. The summed E-state index contributed by atoms with van der Waals surface area (Å²) in [5.41, 5.74) is 10.1. The van der Waals surface area contributed by atoms with Crippen molar-refractivity contribution in [3.63, 3.8) is 0 Å². The van der Waals surface area contributed by atoms with Crippen molar-refractivity contribution in [1.29, 1.82) is 0 Å². The van der Waals surface area contributed by atoms with Crippen molar-refractivity contribution >= 4 is 11.4 Å². The van der Waals surface area contributed by atoms with Crippen molar-refractivity contribution in [2.75, 3.05) is 17.6 Å².